The third-order valence-corrected chi connectivity index (χ3v) is 5.45. The van der Waals surface area contributed by atoms with Gasteiger partial charge in [-0.3, -0.25) is 9.67 Å². The molecular weight excluding hydrogens is 354 g/mol. The number of fused-ring (bicyclic) bond motifs is 1. The summed E-state index contributed by atoms with van der Waals surface area (Å²) in [6, 6.07) is 11.8. The molecule has 0 radical (unpaired) electrons. The number of nitrogens with one attached hydrogen (secondary N) is 1. The van der Waals surface area contributed by atoms with E-state index < -0.39 is 5.60 Å². The second-order valence-electron chi connectivity index (χ2n) is 7.27. The zero-order chi connectivity index (χ0) is 19.4. The van der Waals surface area contributed by atoms with Crippen molar-refractivity contribution in [2.24, 2.45) is 0 Å². The number of rotatable bonds is 5. The SMILES string of the molecule is O=C(NCCCn1ncc2ccccc21)N1CCC(O)(c2cccnc2)CC1. The molecule has 4 rings (SSSR count). The van der Waals surface area contributed by atoms with Gasteiger partial charge in [0.1, 0.15) is 0 Å². The first-order valence-corrected chi connectivity index (χ1v) is 9.72. The number of likely N-dealkylation sites (tertiary alicyclic amines) is 1. The number of aliphatic hydroxyl groups is 1. The molecule has 7 nitrogen and oxygen atoms in total. The van der Waals surface area contributed by atoms with Gasteiger partial charge in [0.25, 0.3) is 0 Å². The molecule has 0 spiro atoms. The van der Waals surface area contributed by atoms with Crippen molar-refractivity contribution < 1.29 is 9.90 Å². The number of nitrogens with zero attached hydrogens (tertiary/aromatic N) is 4. The summed E-state index contributed by atoms with van der Waals surface area (Å²) >= 11 is 0. The Morgan fingerprint density at radius 1 is 1.14 bits per heavy atom. The molecule has 1 aliphatic rings. The lowest BCUT2D eigenvalue weighted by Crippen LogP contribution is -2.49. The van der Waals surface area contributed by atoms with Gasteiger partial charge in [0.05, 0.1) is 17.3 Å². The van der Waals surface area contributed by atoms with Crippen LogP contribution in [-0.2, 0) is 12.1 Å². The zero-order valence-electron chi connectivity index (χ0n) is 15.8. The van der Waals surface area contributed by atoms with Gasteiger partial charge >= 0.3 is 6.03 Å². The summed E-state index contributed by atoms with van der Waals surface area (Å²) in [4.78, 5) is 18.3. The third kappa shape index (κ3) is 3.84. The molecule has 1 aliphatic heterocycles. The predicted molar refractivity (Wildman–Crippen MR) is 107 cm³/mol. The van der Waals surface area contributed by atoms with Gasteiger partial charge in [-0.1, -0.05) is 24.3 Å². The molecule has 7 heteroatoms. The van der Waals surface area contributed by atoms with Crippen LogP contribution in [0.25, 0.3) is 10.9 Å². The maximum absolute atomic E-state index is 12.4. The maximum Gasteiger partial charge on any atom is 0.317 e. The fourth-order valence-electron chi connectivity index (χ4n) is 3.75. The van der Waals surface area contributed by atoms with Gasteiger partial charge in [-0.25, -0.2) is 4.79 Å². The van der Waals surface area contributed by atoms with Crippen LogP contribution < -0.4 is 5.32 Å². The molecule has 1 fully saturated rings. The van der Waals surface area contributed by atoms with Crippen LogP contribution in [0.1, 0.15) is 24.8 Å². The highest BCUT2D eigenvalue weighted by molar-refractivity contribution is 5.78. The van der Waals surface area contributed by atoms with Crippen molar-refractivity contribution in [1.29, 1.82) is 0 Å². The van der Waals surface area contributed by atoms with E-state index in [9.17, 15) is 9.90 Å². The van der Waals surface area contributed by atoms with E-state index in [1.54, 1.807) is 17.3 Å². The number of carbonyl (C=O) groups is 1. The number of urea groups is 1. The zero-order valence-corrected chi connectivity index (χ0v) is 15.8. The van der Waals surface area contributed by atoms with E-state index in [1.165, 1.54) is 0 Å². The van der Waals surface area contributed by atoms with Gasteiger partial charge in [-0.2, -0.15) is 5.10 Å². The highest BCUT2D eigenvalue weighted by Gasteiger charge is 2.35. The van der Waals surface area contributed by atoms with Crippen molar-refractivity contribution in [1.82, 2.24) is 25.0 Å². The van der Waals surface area contributed by atoms with Crippen LogP contribution in [0.3, 0.4) is 0 Å². The molecule has 3 aromatic rings. The van der Waals surface area contributed by atoms with Crippen LogP contribution in [0, 0.1) is 0 Å². The molecule has 1 aromatic carbocycles. The normalized spacial score (nSPS) is 16.2. The maximum atomic E-state index is 12.4. The highest BCUT2D eigenvalue weighted by atomic mass is 16.3. The van der Waals surface area contributed by atoms with Crippen LogP contribution in [0.4, 0.5) is 4.79 Å². The molecule has 28 heavy (non-hydrogen) atoms. The van der Waals surface area contributed by atoms with Crippen LogP contribution in [0.5, 0.6) is 0 Å². The number of hydrogen-bond acceptors (Lipinski definition) is 4. The molecule has 0 saturated carbocycles. The molecule has 0 atom stereocenters. The summed E-state index contributed by atoms with van der Waals surface area (Å²) in [5, 5.41) is 19.4. The van der Waals surface area contributed by atoms with Crippen molar-refractivity contribution in [2.45, 2.75) is 31.4 Å². The second kappa shape index (κ2) is 7.98. The third-order valence-electron chi connectivity index (χ3n) is 5.45. The first kappa shape index (κ1) is 18.4. The highest BCUT2D eigenvalue weighted by Crippen LogP contribution is 2.32. The predicted octanol–water partition coefficient (Wildman–Crippen LogP) is 2.51. The molecule has 1 saturated heterocycles. The van der Waals surface area contributed by atoms with Gasteiger partial charge < -0.3 is 15.3 Å². The van der Waals surface area contributed by atoms with E-state index in [2.05, 4.69) is 21.5 Å². The number of hydrogen-bond donors (Lipinski definition) is 2. The summed E-state index contributed by atoms with van der Waals surface area (Å²) in [6.45, 7) is 2.41. The van der Waals surface area contributed by atoms with Crippen molar-refractivity contribution in [3.63, 3.8) is 0 Å². The van der Waals surface area contributed by atoms with Gasteiger partial charge in [-0.05, 0) is 31.4 Å². The number of amides is 2. The number of pyridine rings is 1. The number of para-hydroxylation sites is 1. The Labute approximate surface area is 164 Å². The Balaban J connectivity index is 1.23. The van der Waals surface area contributed by atoms with Crippen LogP contribution in [-0.4, -0.2) is 50.4 Å². The van der Waals surface area contributed by atoms with Gasteiger partial charge in [0.15, 0.2) is 0 Å². The number of aromatic nitrogens is 3. The monoisotopic (exact) mass is 379 g/mol. The average Bonchev–Trinajstić information content (AvgIpc) is 3.15. The minimum atomic E-state index is -0.897. The molecule has 2 amide bonds. The average molecular weight is 379 g/mol. The lowest BCUT2D eigenvalue weighted by molar-refractivity contribution is -0.0170. The number of benzene rings is 1. The summed E-state index contributed by atoms with van der Waals surface area (Å²) in [5.74, 6) is 0. The quantitative estimate of drug-likeness (QED) is 0.667. The van der Waals surface area contributed by atoms with E-state index in [0.717, 1.165) is 29.4 Å². The first-order chi connectivity index (χ1) is 13.7. The molecule has 2 N–H and O–H groups in total. The summed E-state index contributed by atoms with van der Waals surface area (Å²) in [6.07, 6.45) is 7.11. The minimum absolute atomic E-state index is 0.0708. The Morgan fingerprint density at radius 3 is 2.75 bits per heavy atom. The Hall–Kier alpha value is -2.93. The van der Waals surface area contributed by atoms with E-state index in [-0.39, 0.29) is 6.03 Å². The van der Waals surface area contributed by atoms with Crippen LogP contribution >= 0.6 is 0 Å². The van der Waals surface area contributed by atoms with Gasteiger partial charge in [0, 0.05) is 49.5 Å². The molecule has 0 aliphatic carbocycles. The topological polar surface area (TPSA) is 83.3 Å². The number of carbonyl (C=O) groups excluding carboxylic acids is 1. The smallest absolute Gasteiger partial charge is 0.317 e. The molecule has 0 unspecified atom stereocenters. The van der Waals surface area contributed by atoms with E-state index >= 15 is 0 Å². The van der Waals surface area contributed by atoms with E-state index in [1.807, 2.05) is 41.2 Å². The van der Waals surface area contributed by atoms with Crippen LogP contribution in [0.2, 0.25) is 0 Å². The Morgan fingerprint density at radius 2 is 1.96 bits per heavy atom. The molecule has 0 bridgehead atoms. The number of aryl methyl sites for hydroxylation is 1. The first-order valence-electron chi connectivity index (χ1n) is 9.72. The minimum Gasteiger partial charge on any atom is -0.385 e. The molecule has 3 heterocycles. The van der Waals surface area contributed by atoms with Crippen molar-refractivity contribution in [2.75, 3.05) is 19.6 Å². The Kier molecular flexibility index (Phi) is 5.25. The summed E-state index contributed by atoms with van der Waals surface area (Å²) in [7, 11) is 0. The fourth-order valence-corrected chi connectivity index (χ4v) is 3.75. The molecule has 146 valence electrons. The van der Waals surface area contributed by atoms with Gasteiger partial charge in [0.2, 0.25) is 0 Å². The number of piperidine rings is 1. The lowest BCUT2D eigenvalue weighted by Gasteiger charge is -2.38. The van der Waals surface area contributed by atoms with E-state index in [0.29, 0.717) is 32.5 Å². The van der Waals surface area contributed by atoms with Crippen molar-refractivity contribution in [3.05, 3.63) is 60.6 Å². The van der Waals surface area contributed by atoms with Crippen molar-refractivity contribution >= 4 is 16.9 Å². The summed E-state index contributed by atoms with van der Waals surface area (Å²) < 4.78 is 1.97. The van der Waals surface area contributed by atoms with Crippen molar-refractivity contribution in [3.8, 4) is 0 Å². The second-order valence-corrected chi connectivity index (χ2v) is 7.27. The van der Waals surface area contributed by atoms with Crippen LogP contribution in [0.15, 0.2) is 55.0 Å². The Bertz CT molecular complexity index is 932. The molecule has 2 aromatic heterocycles. The van der Waals surface area contributed by atoms with Gasteiger partial charge in [-0.15, -0.1) is 0 Å². The fraction of sp³-hybridized carbons (Fsp3) is 0.381. The largest absolute Gasteiger partial charge is 0.385 e. The lowest BCUT2D eigenvalue weighted by atomic mass is 9.85. The standard InChI is InChI=1S/C21H25N5O2/c27-20(23-11-4-12-26-19-7-2-1-5-17(19)15-24-26)25-13-8-21(28,9-14-25)18-6-3-10-22-16-18/h1-3,5-7,10,15-16,28H,4,8-9,11-14H2,(H,23,27). The van der Waals surface area contributed by atoms with E-state index in [4.69, 9.17) is 0 Å². The summed E-state index contributed by atoms with van der Waals surface area (Å²) in [5.41, 5.74) is 1.03. The molecular formula is C21H25N5O2.